The van der Waals surface area contributed by atoms with Crippen molar-refractivity contribution in [2.45, 2.75) is 50.7 Å². The van der Waals surface area contributed by atoms with Gasteiger partial charge < -0.3 is 5.32 Å². The number of hydrogen-bond donors (Lipinski definition) is 2. The Morgan fingerprint density at radius 2 is 1.83 bits per heavy atom. The normalized spacial score (nSPS) is 13.2. The van der Waals surface area contributed by atoms with E-state index in [1.54, 1.807) is 13.8 Å². The van der Waals surface area contributed by atoms with Crippen LogP contribution in [0.2, 0.25) is 0 Å². The number of hydrogen-bond acceptors (Lipinski definition) is 3. The fourth-order valence-electron chi connectivity index (χ4n) is 2.81. The van der Waals surface area contributed by atoms with Gasteiger partial charge in [-0.05, 0) is 56.2 Å². The molecule has 0 fully saturated rings. The molecule has 0 unspecified atom stereocenters. The van der Waals surface area contributed by atoms with Crippen molar-refractivity contribution in [1.82, 2.24) is 4.72 Å². The van der Waals surface area contributed by atoms with Crippen molar-refractivity contribution in [1.29, 1.82) is 0 Å². The molecule has 2 aromatic rings. The number of carbonyl (C=O) groups excluding carboxylic acids is 1. The third-order valence-electron chi connectivity index (χ3n) is 4.29. The number of carbonyl (C=O) groups is 1. The minimum atomic E-state index is -4.54. The van der Waals surface area contributed by atoms with Gasteiger partial charge in [-0.2, -0.15) is 13.2 Å². The molecule has 0 heterocycles. The van der Waals surface area contributed by atoms with E-state index >= 15 is 0 Å². The molecular formula is C20H23F3N2O3S. The number of aryl methyl sites for hydroxylation is 1. The van der Waals surface area contributed by atoms with E-state index in [0.29, 0.717) is 12.0 Å². The molecule has 1 atom stereocenters. The van der Waals surface area contributed by atoms with Crippen LogP contribution in [0.15, 0.2) is 47.4 Å². The quantitative estimate of drug-likeness (QED) is 0.669. The summed E-state index contributed by atoms with van der Waals surface area (Å²) >= 11 is 0. The monoisotopic (exact) mass is 428 g/mol. The molecule has 5 nitrogen and oxygen atoms in total. The van der Waals surface area contributed by atoms with E-state index in [4.69, 9.17) is 0 Å². The van der Waals surface area contributed by atoms with Crippen molar-refractivity contribution in [2.75, 3.05) is 5.32 Å². The number of rotatable bonds is 7. The maximum absolute atomic E-state index is 12.8. The van der Waals surface area contributed by atoms with Gasteiger partial charge in [0, 0.05) is 17.3 Å². The standard InChI is InChI=1S/C20H23F3N2O3S/c1-4-6-14(3)25-29(27,28)17-10-9-13(2)18(12-17)19(26)24-16-8-5-7-15(11-16)20(21,22)23/h5,7-12,14,25H,4,6H2,1-3H3,(H,24,26)/t14-/m1/s1. The van der Waals surface area contributed by atoms with Crippen LogP contribution in [-0.2, 0) is 16.2 Å². The Morgan fingerprint density at radius 3 is 2.45 bits per heavy atom. The summed E-state index contributed by atoms with van der Waals surface area (Å²) in [7, 11) is -3.83. The minimum Gasteiger partial charge on any atom is -0.322 e. The molecule has 0 aliphatic rings. The lowest BCUT2D eigenvalue weighted by Gasteiger charge is -2.15. The van der Waals surface area contributed by atoms with Crippen LogP contribution in [-0.4, -0.2) is 20.4 Å². The fourth-order valence-corrected chi connectivity index (χ4v) is 4.11. The predicted molar refractivity (Wildman–Crippen MR) is 105 cm³/mol. The summed E-state index contributed by atoms with van der Waals surface area (Å²) in [6.45, 7) is 5.30. The Balaban J connectivity index is 2.29. The van der Waals surface area contributed by atoms with Gasteiger partial charge in [0.15, 0.2) is 0 Å². The summed E-state index contributed by atoms with van der Waals surface area (Å²) in [5.74, 6) is -0.694. The molecule has 0 saturated heterocycles. The van der Waals surface area contributed by atoms with Gasteiger partial charge in [-0.15, -0.1) is 0 Å². The molecule has 2 rings (SSSR count). The van der Waals surface area contributed by atoms with Crippen molar-refractivity contribution < 1.29 is 26.4 Å². The molecule has 0 bridgehead atoms. The van der Waals surface area contributed by atoms with Crippen LogP contribution in [0.25, 0.3) is 0 Å². The third kappa shape index (κ3) is 6.04. The Labute approximate surface area is 168 Å². The van der Waals surface area contributed by atoms with Crippen molar-refractivity contribution in [3.8, 4) is 0 Å². The first-order valence-corrected chi connectivity index (χ1v) is 10.5. The lowest BCUT2D eigenvalue weighted by atomic mass is 10.1. The van der Waals surface area contributed by atoms with Crippen molar-refractivity contribution in [3.63, 3.8) is 0 Å². The van der Waals surface area contributed by atoms with Crippen molar-refractivity contribution in [2.24, 2.45) is 0 Å². The Morgan fingerprint density at radius 1 is 1.14 bits per heavy atom. The fraction of sp³-hybridized carbons (Fsp3) is 0.350. The number of sulfonamides is 1. The molecule has 1 amide bonds. The zero-order valence-electron chi connectivity index (χ0n) is 16.3. The summed E-state index contributed by atoms with van der Waals surface area (Å²) in [6, 6.07) is 8.06. The molecule has 9 heteroatoms. The second-order valence-electron chi connectivity index (χ2n) is 6.82. The molecule has 0 radical (unpaired) electrons. The van der Waals surface area contributed by atoms with Crippen LogP contribution < -0.4 is 10.0 Å². The van der Waals surface area contributed by atoms with Crippen LogP contribution in [0, 0.1) is 6.92 Å². The lowest BCUT2D eigenvalue weighted by Crippen LogP contribution is -2.32. The van der Waals surface area contributed by atoms with E-state index in [1.165, 1.54) is 30.3 Å². The highest BCUT2D eigenvalue weighted by Crippen LogP contribution is 2.30. The predicted octanol–water partition coefficient (Wildman–Crippen LogP) is 4.73. The molecule has 0 aliphatic heterocycles. The van der Waals surface area contributed by atoms with Crippen molar-refractivity contribution >= 4 is 21.6 Å². The maximum Gasteiger partial charge on any atom is 0.416 e. The molecule has 0 spiro atoms. The highest BCUT2D eigenvalue weighted by molar-refractivity contribution is 7.89. The highest BCUT2D eigenvalue weighted by Gasteiger charge is 2.30. The van der Waals surface area contributed by atoms with Crippen LogP contribution >= 0.6 is 0 Å². The maximum atomic E-state index is 12.8. The van der Waals surface area contributed by atoms with Gasteiger partial charge in [0.2, 0.25) is 10.0 Å². The van der Waals surface area contributed by atoms with Crippen LogP contribution in [0.4, 0.5) is 18.9 Å². The molecular weight excluding hydrogens is 405 g/mol. The van der Waals surface area contributed by atoms with E-state index < -0.39 is 27.7 Å². The summed E-state index contributed by atoms with van der Waals surface area (Å²) in [5.41, 5.74) is -0.367. The average Bonchev–Trinajstić information content (AvgIpc) is 2.61. The van der Waals surface area contributed by atoms with Gasteiger partial charge in [0.05, 0.1) is 10.5 Å². The topological polar surface area (TPSA) is 75.3 Å². The first-order valence-electron chi connectivity index (χ1n) is 9.05. The number of amides is 1. The molecule has 0 aliphatic carbocycles. The lowest BCUT2D eigenvalue weighted by molar-refractivity contribution is -0.137. The third-order valence-corrected chi connectivity index (χ3v) is 5.88. The number of benzene rings is 2. The molecule has 0 saturated carbocycles. The Hall–Kier alpha value is -2.39. The number of alkyl halides is 3. The number of anilines is 1. The first kappa shape index (κ1) is 22.9. The van der Waals surface area contributed by atoms with Gasteiger partial charge in [-0.1, -0.05) is 25.5 Å². The van der Waals surface area contributed by atoms with E-state index in [9.17, 15) is 26.4 Å². The van der Waals surface area contributed by atoms with Crippen LogP contribution in [0.1, 0.15) is 48.2 Å². The summed E-state index contributed by atoms with van der Waals surface area (Å²) in [5, 5.41) is 2.40. The Kier molecular flexibility index (Phi) is 7.07. The van der Waals surface area contributed by atoms with E-state index in [1.807, 2.05) is 6.92 Å². The highest BCUT2D eigenvalue weighted by atomic mass is 32.2. The van der Waals surface area contributed by atoms with Gasteiger partial charge in [-0.25, -0.2) is 13.1 Å². The molecule has 2 N–H and O–H groups in total. The molecule has 0 aromatic heterocycles. The van der Waals surface area contributed by atoms with Gasteiger partial charge in [0.1, 0.15) is 0 Å². The number of halogens is 3. The summed E-state index contributed by atoms with van der Waals surface area (Å²) < 4.78 is 66.2. The molecule has 2 aromatic carbocycles. The molecule has 158 valence electrons. The zero-order valence-corrected chi connectivity index (χ0v) is 17.1. The largest absolute Gasteiger partial charge is 0.416 e. The van der Waals surface area contributed by atoms with Crippen molar-refractivity contribution in [3.05, 3.63) is 59.2 Å². The first-order chi connectivity index (χ1) is 13.4. The summed E-state index contributed by atoms with van der Waals surface area (Å²) in [6.07, 6.45) is -3.07. The van der Waals surface area contributed by atoms with Crippen LogP contribution in [0.3, 0.4) is 0 Å². The van der Waals surface area contributed by atoms with E-state index in [0.717, 1.165) is 18.6 Å². The van der Waals surface area contributed by atoms with E-state index in [-0.39, 0.29) is 22.2 Å². The second-order valence-corrected chi connectivity index (χ2v) is 8.53. The van der Waals surface area contributed by atoms with Gasteiger partial charge in [-0.3, -0.25) is 4.79 Å². The summed E-state index contributed by atoms with van der Waals surface area (Å²) in [4.78, 5) is 12.5. The average molecular weight is 428 g/mol. The number of nitrogens with one attached hydrogen (secondary N) is 2. The van der Waals surface area contributed by atoms with Crippen LogP contribution in [0.5, 0.6) is 0 Å². The molecule has 29 heavy (non-hydrogen) atoms. The minimum absolute atomic E-state index is 0.0350. The smallest absolute Gasteiger partial charge is 0.322 e. The Bertz CT molecular complexity index is 989. The zero-order chi connectivity index (χ0) is 21.8. The SMILES string of the molecule is CCC[C@@H](C)NS(=O)(=O)c1ccc(C)c(C(=O)Nc2cccc(C(F)(F)F)c2)c1. The van der Waals surface area contributed by atoms with Gasteiger partial charge in [0.25, 0.3) is 5.91 Å². The van der Waals surface area contributed by atoms with Gasteiger partial charge >= 0.3 is 6.18 Å². The van der Waals surface area contributed by atoms with E-state index in [2.05, 4.69) is 10.0 Å². The second kappa shape index (κ2) is 8.96.